The minimum atomic E-state index is -0.888. The maximum Gasteiger partial charge on any atom is 0.306 e. The lowest BCUT2D eigenvalue weighted by molar-refractivity contribution is -0.181. The number of carbonyl (C=O) groups excluding carboxylic acids is 1. The number of halogens is 2. The zero-order valence-electron chi connectivity index (χ0n) is 13.3. The van der Waals surface area contributed by atoms with Crippen molar-refractivity contribution in [2.75, 3.05) is 6.61 Å². The molecule has 2 fully saturated rings. The molecule has 5 nitrogen and oxygen atoms in total. The van der Waals surface area contributed by atoms with Gasteiger partial charge in [0.15, 0.2) is 0 Å². The molecule has 1 aromatic rings. The quantitative estimate of drug-likeness (QED) is 0.887. The molecule has 2 aliphatic rings. The van der Waals surface area contributed by atoms with E-state index in [0.717, 1.165) is 12.1 Å². The molecule has 1 atom stereocenters. The van der Waals surface area contributed by atoms with Crippen LogP contribution in [0.2, 0.25) is 0 Å². The van der Waals surface area contributed by atoms with E-state index in [4.69, 9.17) is 9.84 Å². The van der Waals surface area contributed by atoms with Gasteiger partial charge in [-0.2, -0.15) is 0 Å². The number of nitrogens with one attached hydrogen (secondary N) is 1. The molecule has 0 bridgehead atoms. The minimum absolute atomic E-state index is 0.291. The van der Waals surface area contributed by atoms with Gasteiger partial charge in [0.1, 0.15) is 17.2 Å². The van der Waals surface area contributed by atoms with E-state index in [1.54, 1.807) is 6.92 Å². The highest BCUT2D eigenvalue weighted by Gasteiger charge is 2.51. The summed E-state index contributed by atoms with van der Waals surface area (Å²) < 4.78 is 33.5. The van der Waals surface area contributed by atoms with Crippen LogP contribution in [-0.4, -0.2) is 35.2 Å². The summed E-state index contributed by atoms with van der Waals surface area (Å²) in [6.45, 7) is 1.93. The van der Waals surface area contributed by atoms with Crippen LogP contribution >= 0.6 is 0 Å². The molecule has 0 aromatic heterocycles. The molecule has 1 aliphatic carbocycles. The van der Waals surface area contributed by atoms with Gasteiger partial charge in [0.05, 0.1) is 11.5 Å². The third kappa shape index (κ3) is 3.13. The lowest BCUT2D eigenvalue weighted by Gasteiger charge is -2.50. The van der Waals surface area contributed by atoms with Crippen LogP contribution in [0.5, 0.6) is 0 Å². The van der Waals surface area contributed by atoms with Gasteiger partial charge >= 0.3 is 5.97 Å². The zero-order chi connectivity index (χ0) is 17.5. The van der Waals surface area contributed by atoms with Crippen LogP contribution in [0.1, 0.15) is 41.6 Å². The predicted octanol–water partition coefficient (Wildman–Crippen LogP) is 2.42. The fraction of sp³-hybridized carbons (Fsp3) is 0.529. The maximum absolute atomic E-state index is 13.9. The van der Waals surface area contributed by atoms with E-state index in [9.17, 15) is 18.4 Å². The molecule has 2 N–H and O–H groups in total. The van der Waals surface area contributed by atoms with E-state index >= 15 is 0 Å². The number of aliphatic carboxylic acids is 1. The summed E-state index contributed by atoms with van der Waals surface area (Å²) in [5.74, 6) is -3.84. The van der Waals surface area contributed by atoms with E-state index in [1.807, 2.05) is 0 Å². The average molecular weight is 339 g/mol. The third-order valence-corrected chi connectivity index (χ3v) is 4.83. The third-order valence-electron chi connectivity index (χ3n) is 4.83. The van der Waals surface area contributed by atoms with Crippen molar-refractivity contribution in [2.24, 2.45) is 5.92 Å². The first-order valence-corrected chi connectivity index (χ1v) is 7.93. The Morgan fingerprint density at radius 1 is 1.25 bits per heavy atom. The fourth-order valence-corrected chi connectivity index (χ4v) is 3.62. The van der Waals surface area contributed by atoms with Gasteiger partial charge < -0.3 is 15.2 Å². The SMILES string of the molecule is Cc1cc(F)c(C(=O)NC2CCOC3(C2)CC(C(=O)O)C3)c(F)c1. The van der Waals surface area contributed by atoms with Crippen molar-refractivity contribution in [1.29, 1.82) is 0 Å². The van der Waals surface area contributed by atoms with Crippen LogP contribution in [0.25, 0.3) is 0 Å². The average Bonchev–Trinajstić information content (AvgIpc) is 2.43. The monoisotopic (exact) mass is 339 g/mol. The van der Waals surface area contributed by atoms with E-state index in [0.29, 0.717) is 37.9 Å². The van der Waals surface area contributed by atoms with Gasteiger partial charge in [-0.05, 0) is 50.3 Å². The predicted molar refractivity (Wildman–Crippen MR) is 80.6 cm³/mol. The Kier molecular flexibility index (Phi) is 4.29. The van der Waals surface area contributed by atoms with Gasteiger partial charge in [0, 0.05) is 12.6 Å². The Hall–Kier alpha value is -2.02. The van der Waals surface area contributed by atoms with Gasteiger partial charge in [-0.15, -0.1) is 0 Å². The van der Waals surface area contributed by atoms with Crippen molar-refractivity contribution in [3.63, 3.8) is 0 Å². The Balaban J connectivity index is 1.66. The number of hydrogen-bond acceptors (Lipinski definition) is 3. The van der Waals surface area contributed by atoms with Crippen molar-refractivity contribution < 1.29 is 28.2 Å². The molecule has 1 saturated heterocycles. The summed E-state index contributed by atoms with van der Waals surface area (Å²) in [6, 6.07) is 1.95. The molecule has 1 aliphatic heterocycles. The van der Waals surface area contributed by atoms with Crippen molar-refractivity contribution in [3.8, 4) is 0 Å². The van der Waals surface area contributed by atoms with Crippen LogP contribution in [0.15, 0.2) is 12.1 Å². The number of carboxylic acids is 1. The Bertz CT molecular complexity index is 662. The second kappa shape index (κ2) is 6.12. The summed E-state index contributed by atoms with van der Waals surface area (Å²) in [6.07, 6.45) is 1.79. The standard InChI is InChI=1S/C17H19F2NO4/c1-9-4-12(18)14(13(19)5-9)15(21)20-11-2-3-24-17(8-11)6-10(7-17)16(22)23/h4-5,10-11H,2-3,6-8H2,1H3,(H,20,21)(H,22,23). The van der Waals surface area contributed by atoms with Crippen LogP contribution in [0, 0.1) is 24.5 Å². The van der Waals surface area contributed by atoms with Gasteiger partial charge in [-0.25, -0.2) is 8.78 Å². The number of hydrogen-bond donors (Lipinski definition) is 2. The second-order valence-electron chi connectivity index (χ2n) is 6.74. The summed E-state index contributed by atoms with van der Waals surface area (Å²) in [5.41, 5.74) is -0.720. The highest BCUT2D eigenvalue weighted by molar-refractivity contribution is 5.95. The molecule has 130 valence electrons. The number of amides is 1. The molecule has 1 spiro atoms. The topological polar surface area (TPSA) is 75.6 Å². The van der Waals surface area contributed by atoms with Crippen LogP contribution < -0.4 is 5.32 Å². The van der Waals surface area contributed by atoms with Crippen LogP contribution in [0.4, 0.5) is 8.78 Å². The van der Waals surface area contributed by atoms with Crippen LogP contribution in [0.3, 0.4) is 0 Å². The normalized spacial score (nSPS) is 29.1. The molecule has 0 radical (unpaired) electrons. The molecular weight excluding hydrogens is 320 g/mol. The second-order valence-corrected chi connectivity index (χ2v) is 6.74. The highest BCUT2D eigenvalue weighted by atomic mass is 19.1. The maximum atomic E-state index is 13.9. The van der Waals surface area contributed by atoms with Crippen LogP contribution in [-0.2, 0) is 9.53 Å². The van der Waals surface area contributed by atoms with Gasteiger partial charge in [0.2, 0.25) is 0 Å². The number of ether oxygens (including phenoxy) is 1. The first-order chi connectivity index (χ1) is 11.3. The van der Waals surface area contributed by atoms with Gasteiger partial charge in [0.25, 0.3) is 5.91 Å². The molecular formula is C17H19F2NO4. The number of carbonyl (C=O) groups is 2. The number of aryl methyl sites for hydroxylation is 1. The summed E-state index contributed by atoms with van der Waals surface area (Å²) in [5, 5.41) is 11.6. The molecule has 1 heterocycles. The largest absolute Gasteiger partial charge is 0.481 e. The summed E-state index contributed by atoms with van der Waals surface area (Å²) in [7, 11) is 0. The fourth-order valence-electron chi connectivity index (χ4n) is 3.62. The van der Waals surface area contributed by atoms with E-state index in [-0.39, 0.29) is 6.04 Å². The minimum Gasteiger partial charge on any atom is -0.481 e. The summed E-state index contributed by atoms with van der Waals surface area (Å²) >= 11 is 0. The zero-order valence-corrected chi connectivity index (χ0v) is 13.3. The van der Waals surface area contributed by atoms with E-state index in [1.165, 1.54) is 0 Å². The van der Waals surface area contributed by atoms with Gasteiger partial charge in [-0.1, -0.05) is 0 Å². The van der Waals surface area contributed by atoms with E-state index in [2.05, 4.69) is 5.32 Å². The lowest BCUT2D eigenvalue weighted by atomic mass is 9.66. The van der Waals surface area contributed by atoms with Crippen molar-refractivity contribution >= 4 is 11.9 Å². The Labute approximate surface area is 138 Å². The molecule has 3 rings (SSSR count). The molecule has 1 unspecified atom stereocenters. The van der Waals surface area contributed by atoms with Crippen molar-refractivity contribution in [1.82, 2.24) is 5.32 Å². The van der Waals surface area contributed by atoms with Gasteiger partial charge in [-0.3, -0.25) is 9.59 Å². The van der Waals surface area contributed by atoms with Crippen molar-refractivity contribution in [2.45, 2.75) is 44.2 Å². The Morgan fingerprint density at radius 3 is 2.46 bits per heavy atom. The molecule has 1 aromatic carbocycles. The molecule has 1 amide bonds. The van der Waals surface area contributed by atoms with E-state index < -0.39 is 40.6 Å². The van der Waals surface area contributed by atoms with Crippen molar-refractivity contribution in [3.05, 3.63) is 34.9 Å². The number of carboxylic acid groups (broad SMARTS) is 1. The Morgan fingerprint density at radius 2 is 1.88 bits per heavy atom. The molecule has 7 heteroatoms. The first kappa shape index (κ1) is 16.8. The molecule has 24 heavy (non-hydrogen) atoms. The highest BCUT2D eigenvalue weighted by Crippen LogP contribution is 2.46. The first-order valence-electron chi connectivity index (χ1n) is 7.93. The number of rotatable bonds is 3. The number of benzene rings is 1. The lowest BCUT2D eigenvalue weighted by Crippen LogP contribution is -2.56. The summed E-state index contributed by atoms with van der Waals surface area (Å²) in [4.78, 5) is 23.2. The smallest absolute Gasteiger partial charge is 0.306 e. The molecule has 1 saturated carbocycles.